The van der Waals surface area contributed by atoms with E-state index in [1.54, 1.807) is 12.1 Å². The maximum atomic E-state index is 11.7. The van der Waals surface area contributed by atoms with Gasteiger partial charge in [0.05, 0.1) is 25.0 Å². The topological polar surface area (TPSA) is 118 Å². The third-order valence-electron chi connectivity index (χ3n) is 4.53. The number of primary amides is 1. The molecule has 0 bridgehead atoms. The van der Waals surface area contributed by atoms with E-state index in [0.29, 0.717) is 24.3 Å². The number of benzene rings is 1. The standard InChI is InChI=1S/C18H21N3O4/c1-25-16-9-20-7-12(17(16)18(19)24)6-15(23)14-5-10-2-3-13(22)4-11(10)8-21-14/h2-4,7,9,14-15,21-23H,5-6,8H2,1H3,(H2,19,24)/t14-,15+/m0/s1. The van der Waals surface area contributed by atoms with E-state index in [-0.39, 0.29) is 23.8 Å². The number of hydrogen-bond donors (Lipinski definition) is 4. The number of rotatable bonds is 5. The lowest BCUT2D eigenvalue weighted by Crippen LogP contribution is -2.45. The van der Waals surface area contributed by atoms with Gasteiger partial charge in [-0.3, -0.25) is 9.78 Å². The second-order valence-electron chi connectivity index (χ2n) is 6.16. The molecule has 2 heterocycles. The van der Waals surface area contributed by atoms with Crippen molar-refractivity contribution in [3.63, 3.8) is 0 Å². The molecule has 0 radical (unpaired) electrons. The summed E-state index contributed by atoms with van der Waals surface area (Å²) >= 11 is 0. The highest BCUT2D eigenvalue weighted by atomic mass is 16.5. The molecule has 25 heavy (non-hydrogen) atoms. The van der Waals surface area contributed by atoms with Gasteiger partial charge in [-0.25, -0.2) is 0 Å². The maximum absolute atomic E-state index is 11.7. The first-order valence-electron chi connectivity index (χ1n) is 8.02. The van der Waals surface area contributed by atoms with Crippen molar-refractivity contribution in [3.05, 3.63) is 52.8 Å². The number of aliphatic hydroxyl groups is 1. The van der Waals surface area contributed by atoms with Gasteiger partial charge in [-0.05, 0) is 35.2 Å². The quantitative estimate of drug-likeness (QED) is 0.628. The Morgan fingerprint density at radius 2 is 2.24 bits per heavy atom. The molecule has 132 valence electrons. The number of hydrogen-bond acceptors (Lipinski definition) is 6. The average molecular weight is 343 g/mol. The molecule has 1 aromatic carbocycles. The molecule has 0 unspecified atom stereocenters. The highest BCUT2D eigenvalue weighted by Gasteiger charge is 2.27. The zero-order valence-corrected chi connectivity index (χ0v) is 13.9. The predicted octanol–water partition coefficient (Wildman–Crippen LogP) is 0.513. The lowest BCUT2D eigenvalue weighted by Gasteiger charge is -2.30. The summed E-state index contributed by atoms with van der Waals surface area (Å²) in [5.74, 6) is -0.0819. The Morgan fingerprint density at radius 3 is 2.96 bits per heavy atom. The van der Waals surface area contributed by atoms with Crippen molar-refractivity contribution in [2.24, 2.45) is 5.73 Å². The van der Waals surface area contributed by atoms with E-state index in [1.807, 2.05) is 6.07 Å². The highest BCUT2D eigenvalue weighted by molar-refractivity contribution is 5.97. The number of amides is 1. The number of nitrogens with one attached hydrogen (secondary N) is 1. The summed E-state index contributed by atoms with van der Waals surface area (Å²) in [7, 11) is 1.44. The Balaban J connectivity index is 1.78. The molecule has 1 aromatic heterocycles. The monoisotopic (exact) mass is 343 g/mol. The molecule has 1 aliphatic heterocycles. The molecule has 0 aliphatic carbocycles. The second-order valence-corrected chi connectivity index (χ2v) is 6.16. The Kier molecular flexibility index (Phi) is 4.87. The number of aromatic hydroxyl groups is 1. The van der Waals surface area contributed by atoms with Crippen molar-refractivity contribution in [1.29, 1.82) is 0 Å². The molecule has 0 spiro atoms. The van der Waals surface area contributed by atoms with Gasteiger partial charge in [0.15, 0.2) is 0 Å². The van der Waals surface area contributed by atoms with E-state index in [2.05, 4.69) is 10.3 Å². The summed E-state index contributed by atoms with van der Waals surface area (Å²) in [6.07, 6.45) is 3.08. The maximum Gasteiger partial charge on any atom is 0.252 e. The van der Waals surface area contributed by atoms with Crippen LogP contribution in [0.5, 0.6) is 11.5 Å². The van der Waals surface area contributed by atoms with Crippen LogP contribution in [-0.4, -0.2) is 40.4 Å². The summed E-state index contributed by atoms with van der Waals surface area (Å²) in [5, 5.41) is 23.5. The summed E-state index contributed by atoms with van der Waals surface area (Å²) < 4.78 is 5.15. The Bertz CT molecular complexity index is 794. The number of nitrogens with zero attached hydrogens (tertiary/aromatic N) is 1. The first kappa shape index (κ1) is 17.2. The van der Waals surface area contributed by atoms with Gasteiger partial charge in [-0.15, -0.1) is 0 Å². The molecule has 7 nitrogen and oxygen atoms in total. The van der Waals surface area contributed by atoms with Crippen LogP contribution in [0.15, 0.2) is 30.6 Å². The van der Waals surface area contributed by atoms with Crippen LogP contribution in [0.3, 0.4) is 0 Å². The fourth-order valence-corrected chi connectivity index (χ4v) is 3.24. The summed E-state index contributed by atoms with van der Waals surface area (Å²) in [6, 6.07) is 5.06. The molecule has 1 aliphatic rings. The van der Waals surface area contributed by atoms with Crippen molar-refractivity contribution >= 4 is 5.91 Å². The van der Waals surface area contributed by atoms with E-state index in [0.717, 1.165) is 11.1 Å². The number of carbonyl (C=O) groups excluding carboxylic acids is 1. The molecule has 0 saturated heterocycles. The number of phenols is 1. The van der Waals surface area contributed by atoms with Gasteiger partial charge in [-0.2, -0.15) is 0 Å². The fraction of sp³-hybridized carbons (Fsp3) is 0.333. The molecule has 2 aromatic rings. The average Bonchev–Trinajstić information content (AvgIpc) is 2.60. The number of carbonyl (C=O) groups is 1. The molecule has 5 N–H and O–H groups in total. The molecule has 3 rings (SSSR count). The van der Waals surface area contributed by atoms with Gasteiger partial charge >= 0.3 is 0 Å². The Labute approximate surface area is 145 Å². The smallest absolute Gasteiger partial charge is 0.252 e. The van der Waals surface area contributed by atoms with Crippen molar-refractivity contribution in [2.75, 3.05) is 7.11 Å². The number of phenolic OH excluding ortho intramolecular Hbond substituents is 1. The summed E-state index contributed by atoms with van der Waals surface area (Å²) in [5.41, 5.74) is 8.36. The predicted molar refractivity (Wildman–Crippen MR) is 91.5 cm³/mol. The van der Waals surface area contributed by atoms with Crippen LogP contribution in [-0.2, 0) is 19.4 Å². The van der Waals surface area contributed by atoms with Gasteiger partial charge in [0.1, 0.15) is 11.5 Å². The van der Waals surface area contributed by atoms with Crippen molar-refractivity contribution < 1.29 is 19.7 Å². The van der Waals surface area contributed by atoms with E-state index >= 15 is 0 Å². The molecule has 0 saturated carbocycles. The molecule has 2 atom stereocenters. The minimum atomic E-state index is -0.728. The van der Waals surface area contributed by atoms with Crippen LogP contribution in [0.2, 0.25) is 0 Å². The van der Waals surface area contributed by atoms with Crippen molar-refractivity contribution in [3.8, 4) is 11.5 Å². The molecule has 7 heteroatoms. The first-order valence-corrected chi connectivity index (χ1v) is 8.02. The second kappa shape index (κ2) is 7.08. The number of fused-ring (bicyclic) bond motifs is 1. The third kappa shape index (κ3) is 3.57. The Hall–Kier alpha value is -2.64. The number of ether oxygens (including phenoxy) is 1. The van der Waals surface area contributed by atoms with E-state index in [1.165, 1.54) is 19.5 Å². The van der Waals surface area contributed by atoms with E-state index in [4.69, 9.17) is 10.5 Å². The first-order chi connectivity index (χ1) is 12.0. The zero-order valence-electron chi connectivity index (χ0n) is 13.9. The molecular formula is C18H21N3O4. The fourth-order valence-electron chi connectivity index (χ4n) is 3.24. The minimum Gasteiger partial charge on any atom is -0.508 e. The Morgan fingerprint density at radius 1 is 1.44 bits per heavy atom. The van der Waals surface area contributed by atoms with E-state index < -0.39 is 12.0 Å². The van der Waals surface area contributed by atoms with Crippen LogP contribution >= 0.6 is 0 Å². The van der Waals surface area contributed by atoms with Crippen molar-refractivity contribution in [2.45, 2.75) is 31.5 Å². The number of pyridine rings is 1. The van der Waals surface area contributed by atoms with Crippen LogP contribution in [0.25, 0.3) is 0 Å². The number of nitrogens with two attached hydrogens (primary N) is 1. The third-order valence-corrected chi connectivity index (χ3v) is 4.53. The lowest BCUT2D eigenvalue weighted by atomic mass is 9.90. The lowest BCUT2D eigenvalue weighted by molar-refractivity contribution is 0.0992. The number of methoxy groups -OCH3 is 1. The van der Waals surface area contributed by atoms with Gasteiger partial charge in [-0.1, -0.05) is 6.07 Å². The van der Waals surface area contributed by atoms with Crippen LogP contribution in [0.4, 0.5) is 0 Å². The number of aromatic nitrogens is 1. The molecular weight excluding hydrogens is 322 g/mol. The van der Waals surface area contributed by atoms with Gasteiger partial charge < -0.3 is 26.0 Å². The normalized spacial score (nSPS) is 17.6. The number of aliphatic hydroxyl groups excluding tert-OH is 1. The summed E-state index contributed by atoms with van der Waals surface area (Å²) in [4.78, 5) is 15.8. The molecule has 1 amide bonds. The van der Waals surface area contributed by atoms with Gasteiger partial charge in [0.25, 0.3) is 5.91 Å². The van der Waals surface area contributed by atoms with Crippen LogP contribution in [0.1, 0.15) is 27.0 Å². The minimum absolute atomic E-state index is 0.177. The van der Waals surface area contributed by atoms with E-state index in [9.17, 15) is 15.0 Å². The largest absolute Gasteiger partial charge is 0.508 e. The summed E-state index contributed by atoms with van der Waals surface area (Å²) in [6.45, 7) is 0.560. The van der Waals surface area contributed by atoms with Gasteiger partial charge in [0, 0.05) is 25.2 Å². The zero-order chi connectivity index (χ0) is 18.0. The van der Waals surface area contributed by atoms with Crippen molar-refractivity contribution in [1.82, 2.24) is 10.3 Å². The highest BCUT2D eigenvalue weighted by Crippen LogP contribution is 2.25. The van der Waals surface area contributed by atoms with Crippen LogP contribution in [0, 0.1) is 0 Å². The van der Waals surface area contributed by atoms with Gasteiger partial charge in [0.2, 0.25) is 0 Å². The SMILES string of the molecule is COc1cncc(C[C@@H](O)[C@@H]2Cc3ccc(O)cc3CN2)c1C(N)=O. The van der Waals surface area contributed by atoms with Crippen LogP contribution < -0.4 is 15.8 Å². The molecule has 0 fully saturated rings.